The minimum Gasteiger partial charge on any atom is -0.480 e. The summed E-state index contributed by atoms with van der Waals surface area (Å²) in [7, 11) is -1.16. The number of hydrogen-bond donors (Lipinski definition) is 1. The molecular weight excluding hydrogens is 202 g/mol. The van der Waals surface area contributed by atoms with E-state index in [1.807, 2.05) is 13.8 Å². The van der Waals surface area contributed by atoms with Crippen molar-refractivity contribution in [3.8, 4) is 0 Å². The Morgan fingerprint density at radius 2 is 2.14 bits per heavy atom. The number of nitrogens with zero attached hydrogens (tertiary/aromatic N) is 1. The van der Waals surface area contributed by atoms with Gasteiger partial charge in [-0.2, -0.15) is 0 Å². The lowest BCUT2D eigenvalue weighted by Crippen LogP contribution is -2.47. The van der Waals surface area contributed by atoms with Crippen LogP contribution in [0.4, 0.5) is 0 Å². The Balaban J connectivity index is 2.72. The van der Waals surface area contributed by atoms with Crippen LogP contribution in [0, 0.1) is 0 Å². The van der Waals surface area contributed by atoms with Crippen LogP contribution in [0.1, 0.15) is 33.1 Å². The fraction of sp³-hybridized carbons (Fsp3) is 0.889. The van der Waals surface area contributed by atoms with Gasteiger partial charge in [0.1, 0.15) is 6.04 Å². The van der Waals surface area contributed by atoms with Crippen LogP contribution in [0.5, 0.6) is 0 Å². The van der Waals surface area contributed by atoms with E-state index in [0.717, 1.165) is 12.8 Å². The summed E-state index contributed by atoms with van der Waals surface area (Å²) >= 11 is 0. The van der Waals surface area contributed by atoms with Crippen LogP contribution in [-0.2, 0) is 15.8 Å². The number of rotatable bonds is 3. The summed E-state index contributed by atoms with van der Waals surface area (Å²) in [6.07, 6.45) is 2.48. The van der Waals surface area contributed by atoms with E-state index in [9.17, 15) is 9.00 Å². The van der Waals surface area contributed by atoms with Crippen molar-refractivity contribution in [2.75, 3.05) is 6.54 Å². The molecule has 1 heterocycles. The molecule has 2 unspecified atom stereocenters. The van der Waals surface area contributed by atoms with E-state index >= 15 is 0 Å². The molecule has 0 aromatic heterocycles. The summed E-state index contributed by atoms with van der Waals surface area (Å²) in [6, 6.07) is -0.549. The third-order valence-corrected chi connectivity index (χ3v) is 4.08. The van der Waals surface area contributed by atoms with Crippen LogP contribution >= 0.6 is 0 Å². The van der Waals surface area contributed by atoms with E-state index in [1.54, 1.807) is 4.31 Å². The summed E-state index contributed by atoms with van der Waals surface area (Å²) in [5.74, 6) is -0.848. The van der Waals surface area contributed by atoms with Crippen LogP contribution < -0.4 is 0 Å². The predicted molar refractivity (Wildman–Crippen MR) is 55.3 cm³/mol. The molecule has 0 radical (unpaired) electrons. The molecule has 1 fully saturated rings. The van der Waals surface area contributed by atoms with Crippen molar-refractivity contribution in [1.29, 1.82) is 0 Å². The second kappa shape index (κ2) is 4.89. The van der Waals surface area contributed by atoms with E-state index in [4.69, 9.17) is 5.11 Å². The lowest BCUT2D eigenvalue weighted by molar-refractivity contribution is -0.142. The van der Waals surface area contributed by atoms with E-state index in [0.29, 0.717) is 13.0 Å². The van der Waals surface area contributed by atoms with Crippen LogP contribution in [-0.4, -0.2) is 37.4 Å². The molecule has 5 heteroatoms. The second-order valence-corrected chi connectivity index (χ2v) is 5.78. The summed E-state index contributed by atoms with van der Waals surface area (Å²) in [5.41, 5.74) is 0. The molecule has 2 atom stereocenters. The Morgan fingerprint density at radius 1 is 1.50 bits per heavy atom. The molecule has 0 aromatic carbocycles. The van der Waals surface area contributed by atoms with Gasteiger partial charge in [0.15, 0.2) is 0 Å². The number of aliphatic carboxylic acids is 1. The SMILES string of the molecule is CC(C)S(=O)N1CCCCC1C(=O)O. The fourth-order valence-electron chi connectivity index (χ4n) is 1.64. The molecule has 1 aliphatic rings. The van der Waals surface area contributed by atoms with Gasteiger partial charge >= 0.3 is 5.97 Å². The third kappa shape index (κ3) is 2.54. The van der Waals surface area contributed by atoms with Crippen LogP contribution in [0.2, 0.25) is 0 Å². The Hall–Kier alpha value is -0.420. The maximum Gasteiger partial charge on any atom is 0.321 e. The Labute approximate surface area is 86.9 Å². The molecule has 1 N–H and O–H groups in total. The highest BCUT2D eigenvalue weighted by molar-refractivity contribution is 7.83. The number of hydrogen-bond acceptors (Lipinski definition) is 2. The summed E-state index contributed by atoms with van der Waals surface area (Å²) in [5, 5.41) is 8.96. The van der Waals surface area contributed by atoms with Crippen LogP contribution in [0.3, 0.4) is 0 Å². The number of piperidine rings is 1. The van der Waals surface area contributed by atoms with Gasteiger partial charge in [0.25, 0.3) is 0 Å². The summed E-state index contributed by atoms with van der Waals surface area (Å²) in [4.78, 5) is 10.9. The van der Waals surface area contributed by atoms with Gasteiger partial charge in [-0.3, -0.25) is 4.79 Å². The van der Waals surface area contributed by atoms with Gasteiger partial charge in [0, 0.05) is 11.8 Å². The highest BCUT2D eigenvalue weighted by atomic mass is 32.2. The van der Waals surface area contributed by atoms with E-state index in [1.165, 1.54) is 0 Å². The van der Waals surface area contributed by atoms with Crippen molar-refractivity contribution in [2.24, 2.45) is 0 Å². The standard InChI is InChI=1S/C9H17NO3S/c1-7(2)14(13)10-6-4-3-5-8(10)9(11)12/h7-8H,3-6H2,1-2H3,(H,11,12). The van der Waals surface area contributed by atoms with Gasteiger partial charge in [-0.15, -0.1) is 0 Å². The van der Waals surface area contributed by atoms with Crippen molar-refractivity contribution in [1.82, 2.24) is 4.31 Å². The average molecular weight is 219 g/mol. The van der Waals surface area contributed by atoms with Crippen LogP contribution in [0.25, 0.3) is 0 Å². The number of carbonyl (C=O) groups is 1. The molecule has 4 nitrogen and oxygen atoms in total. The Kier molecular flexibility index (Phi) is 4.07. The van der Waals surface area contributed by atoms with Gasteiger partial charge in [-0.05, 0) is 33.1 Å². The van der Waals surface area contributed by atoms with E-state index < -0.39 is 23.0 Å². The van der Waals surface area contributed by atoms with Crippen molar-refractivity contribution < 1.29 is 14.1 Å². The maximum atomic E-state index is 11.8. The Bertz CT molecular complexity index is 242. The first kappa shape index (κ1) is 11.7. The van der Waals surface area contributed by atoms with Crippen molar-refractivity contribution in [3.05, 3.63) is 0 Å². The summed E-state index contributed by atoms with van der Waals surface area (Å²) in [6.45, 7) is 4.34. The molecule has 82 valence electrons. The first-order valence-corrected chi connectivity index (χ1v) is 6.11. The normalized spacial score (nSPS) is 26.4. The zero-order chi connectivity index (χ0) is 10.7. The average Bonchev–Trinajstić information content (AvgIpc) is 2.16. The third-order valence-electron chi connectivity index (χ3n) is 2.37. The minimum atomic E-state index is -1.16. The zero-order valence-electron chi connectivity index (χ0n) is 8.60. The molecule has 1 aliphatic heterocycles. The highest BCUT2D eigenvalue weighted by Gasteiger charge is 2.32. The molecule has 0 aromatic rings. The topological polar surface area (TPSA) is 57.6 Å². The second-order valence-electron chi connectivity index (χ2n) is 3.82. The molecule has 0 spiro atoms. The molecular formula is C9H17NO3S. The lowest BCUT2D eigenvalue weighted by atomic mass is 10.1. The predicted octanol–water partition coefficient (Wildman–Crippen LogP) is 0.998. The fourth-order valence-corrected chi connectivity index (χ4v) is 2.93. The van der Waals surface area contributed by atoms with Gasteiger partial charge < -0.3 is 5.11 Å². The van der Waals surface area contributed by atoms with Gasteiger partial charge in [0.2, 0.25) is 0 Å². The molecule has 1 rings (SSSR count). The smallest absolute Gasteiger partial charge is 0.321 e. The Morgan fingerprint density at radius 3 is 2.64 bits per heavy atom. The monoisotopic (exact) mass is 219 g/mol. The van der Waals surface area contributed by atoms with Crippen molar-refractivity contribution in [3.63, 3.8) is 0 Å². The molecule has 0 amide bonds. The van der Waals surface area contributed by atoms with E-state index in [2.05, 4.69) is 0 Å². The minimum absolute atomic E-state index is 0.00468. The first-order valence-electron chi connectivity index (χ1n) is 4.94. The number of carboxylic acid groups (broad SMARTS) is 1. The molecule has 1 saturated heterocycles. The lowest BCUT2D eigenvalue weighted by Gasteiger charge is -2.32. The van der Waals surface area contributed by atoms with Crippen molar-refractivity contribution in [2.45, 2.75) is 44.4 Å². The number of carboxylic acids is 1. The molecule has 0 bridgehead atoms. The van der Waals surface area contributed by atoms with Gasteiger partial charge in [-0.25, -0.2) is 8.51 Å². The van der Waals surface area contributed by atoms with Crippen molar-refractivity contribution >= 4 is 17.0 Å². The van der Waals surface area contributed by atoms with E-state index in [-0.39, 0.29) is 5.25 Å². The maximum absolute atomic E-state index is 11.8. The highest BCUT2D eigenvalue weighted by Crippen LogP contribution is 2.20. The van der Waals surface area contributed by atoms with Gasteiger partial charge in [0.05, 0.1) is 11.0 Å². The van der Waals surface area contributed by atoms with Crippen LogP contribution in [0.15, 0.2) is 0 Å². The first-order chi connectivity index (χ1) is 6.54. The largest absolute Gasteiger partial charge is 0.480 e. The van der Waals surface area contributed by atoms with Gasteiger partial charge in [-0.1, -0.05) is 0 Å². The quantitative estimate of drug-likeness (QED) is 0.770. The zero-order valence-corrected chi connectivity index (χ0v) is 9.42. The molecule has 14 heavy (non-hydrogen) atoms. The molecule has 0 saturated carbocycles. The molecule has 0 aliphatic carbocycles. The summed E-state index contributed by atoms with van der Waals surface area (Å²) < 4.78 is 13.4.